The number of nitrogens with one attached hydrogen (secondary N) is 1. The number of allylic oxidation sites excluding steroid dienone is 1. The summed E-state index contributed by atoms with van der Waals surface area (Å²) < 4.78 is 5.34. The molecule has 0 saturated carbocycles. The van der Waals surface area contributed by atoms with E-state index in [0.717, 1.165) is 22.0 Å². The zero-order valence-electron chi connectivity index (χ0n) is 13.7. The van der Waals surface area contributed by atoms with Crippen molar-refractivity contribution in [1.82, 2.24) is 4.98 Å². The Morgan fingerprint density at radius 1 is 1.24 bits per heavy atom. The predicted molar refractivity (Wildman–Crippen MR) is 97.4 cm³/mol. The lowest BCUT2D eigenvalue weighted by Crippen LogP contribution is -1.95. The van der Waals surface area contributed by atoms with Crippen LogP contribution in [0.5, 0.6) is 5.75 Å². The minimum Gasteiger partial charge on any atom is -0.496 e. The molecule has 3 N–H and O–H groups in total. The second kappa shape index (κ2) is 6.92. The molecule has 0 unspecified atom stereocenters. The highest BCUT2D eigenvalue weighted by molar-refractivity contribution is 6.01. The third-order valence-corrected chi connectivity index (χ3v) is 4.05. The second-order valence-corrected chi connectivity index (χ2v) is 5.52. The van der Waals surface area contributed by atoms with Crippen molar-refractivity contribution in [2.24, 2.45) is 5.73 Å². The largest absolute Gasteiger partial charge is 0.496 e. The fourth-order valence-electron chi connectivity index (χ4n) is 2.76. The van der Waals surface area contributed by atoms with Crippen LogP contribution >= 0.6 is 0 Å². The summed E-state index contributed by atoms with van der Waals surface area (Å²) in [5.74, 6) is 0.606. The number of rotatable bonds is 4. The minimum absolute atomic E-state index is 0.435. The third kappa shape index (κ3) is 3.10. The van der Waals surface area contributed by atoms with E-state index in [0.29, 0.717) is 29.0 Å². The van der Waals surface area contributed by atoms with Crippen LogP contribution in [-0.4, -0.2) is 12.1 Å². The number of nitrogens with two attached hydrogens (primary N) is 1. The summed E-state index contributed by atoms with van der Waals surface area (Å²) in [5, 5.41) is 19.7. The Bertz CT molecular complexity index is 1050. The topological polar surface area (TPSA) is 98.6 Å². The van der Waals surface area contributed by atoms with Crippen molar-refractivity contribution in [2.45, 2.75) is 6.54 Å². The van der Waals surface area contributed by atoms with E-state index in [9.17, 15) is 5.26 Å². The van der Waals surface area contributed by atoms with Crippen LogP contribution in [0.25, 0.3) is 22.6 Å². The van der Waals surface area contributed by atoms with E-state index >= 15 is 0 Å². The molecule has 1 heterocycles. The van der Waals surface area contributed by atoms with Crippen molar-refractivity contribution in [1.29, 1.82) is 10.5 Å². The van der Waals surface area contributed by atoms with E-state index in [1.165, 1.54) is 0 Å². The number of methoxy groups -OCH3 is 1. The van der Waals surface area contributed by atoms with Gasteiger partial charge in [-0.25, -0.2) is 0 Å². The molecule has 3 aromatic rings. The average Bonchev–Trinajstić information content (AvgIpc) is 3.08. The number of benzene rings is 2. The Hall–Kier alpha value is -3.54. The molecule has 0 saturated heterocycles. The van der Waals surface area contributed by atoms with E-state index in [1.54, 1.807) is 37.6 Å². The maximum Gasteiger partial charge on any atom is 0.126 e. The molecular formula is C20H16N4O. The van der Waals surface area contributed by atoms with Gasteiger partial charge in [-0.05, 0) is 42.0 Å². The summed E-state index contributed by atoms with van der Waals surface area (Å²) in [7, 11) is 1.56. The molecule has 0 atom stereocenters. The van der Waals surface area contributed by atoms with Crippen LogP contribution in [0.3, 0.4) is 0 Å². The molecule has 0 amide bonds. The molecule has 0 aliphatic carbocycles. The molecule has 0 radical (unpaired) electrons. The van der Waals surface area contributed by atoms with Gasteiger partial charge in [0.05, 0.1) is 30.4 Å². The molecule has 5 nitrogen and oxygen atoms in total. The zero-order valence-corrected chi connectivity index (χ0v) is 13.7. The van der Waals surface area contributed by atoms with Crippen LogP contribution in [0.1, 0.15) is 22.3 Å². The van der Waals surface area contributed by atoms with E-state index in [4.69, 9.17) is 15.7 Å². The number of fused-ring (bicyclic) bond motifs is 1. The zero-order chi connectivity index (χ0) is 17.8. The number of nitrogens with zero attached hydrogens (tertiary/aromatic N) is 2. The third-order valence-electron chi connectivity index (χ3n) is 4.05. The first-order valence-electron chi connectivity index (χ1n) is 7.70. The van der Waals surface area contributed by atoms with Crippen LogP contribution in [0.2, 0.25) is 0 Å². The molecule has 25 heavy (non-hydrogen) atoms. The number of H-pyrrole nitrogens is 1. The van der Waals surface area contributed by atoms with Crippen molar-refractivity contribution in [2.75, 3.05) is 7.11 Å². The highest BCUT2D eigenvalue weighted by atomic mass is 16.5. The van der Waals surface area contributed by atoms with Gasteiger partial charge < -0.3 is 15.5 Å². The summed E-state index contributed by atoms with van der Waals surface area (Å²) in [5.41, 5.74) is 10.1. The fraction of sp³-hybridized carbons (Fsp3) is 0.100. The van der Waals surface area contributed by atoms with Gasteiger partial charge >= 0.3 is 0 Å². The Kier molecular flexibility index (Phi) is 4.52. The lowest BCUT2D eigenvalue weighted by atomic mass is 10.0. The van der Waals surface area contributed by atoms with Gasteiger partial charge in [0.2, 0.25) is 0 Å². The van der Waals surface area contributed by atoms with Crippen molar-refractivity contribution in [3.8, 4) is 17.9 Å². The SMILES string of the molecule is COc1ccc(C#N)cc1/C=C(\C#N)c1c[nH]c2ccc(CN)cc12. The van der Waals surface area contributed by atoms with Gasteiger partial charge in [0.25, 0.3) is 0 Å². The first-order valence-corrected chi connectivity index (χ1v) is 7.70. The molecule has 0 spiro atoms. The van der Waals surface area contributed by atoms with Crippen LogP contribution in [0, 0.1) is 22.7 Å². The maximum absolute atomic E-state index is 9.67. The summed E-state index contributed by atoms with van der Waals surface area (Å²) in [6.07, 6.45) is 3.54. The molecule has 1 aromatic heterocycles. The Morgan fingerprint density at radius 3 is 2.76 bits per heavy atom. The second-order valence-electron chi connectivity index (χ2n) is 5.52. The van der Waals surface area contributed by atoms with Crippen LogP contribution < -0.4 is 10.5 Å². The number of aromatic nitrogens is 1. The first kappa shape index (κ1) is 16.3. The quantitative estimate of drug-likeness (QED) is 0.715. The molecule has 0 fully saturated rings. The van der Waals surface area contributed by atoms with Crippen molar-refractivity contribution in [3.05, 3.63) is 64.8 Å². The van der Waals surface area contributed by atoms with Gasteiger partial charge in [-0.15, -0.1) is 0 Å². The number of ether oxygens (including phenoxy) is 1. The van der Waals surface area contributed by atoms with Gasteiger partial charge in [0.15, 0.2) is 0 Å². The monoisotopic (exact) mass is 328 g/mol. The molecule has 0 aliphatic heterocycles. The number of hydrogen-bond donors (Lipinski definition) is 2. The lowest BCUT2D eigenvalue weighted by Gasteiger charge is -2.06. The van der Waals surface area contributed by atoms with Crippen LogP contribution in [-0.2, 0) is 6.54 Å². The van der Waals surface area contributed by atoms with E-state index < -0.39 is 0 Å². The molecule has 5 heteroatoms. The molecular weight excluding hydrogens is 312 g/mol. The Balaban J connectivity index is 2.17. The summed E-state index contributed by atoms with van der Waals surface area (Å²) in [6.45, 7) is 0.435. The van der Waals surface area contributed by atoms with Crippen LogP contribution in [0.15, 0.2) is 42.6 Å². The van der Waals surface area contributed by atoms with Crippen molar-refractivity contribution >= 4 is 22.6 Å². The average molecular weight is 328 g/mol. The predicted octanol–water partition coefficient (Wildman–Crippen LogP) is 3.57. The standard InChI is InChI=1S/C20H16N4O/c1-25-20-5-3-13(9-21)6-15(20)8-16(11-23)18-12-24-19-4-2-14(10-22)7-17(18)19/h2-8,12,24H,10,22H2,1H3/b16-8+. The number of aromatic amines is 1. The van der Waals surface area contributed by atoms with Crippen molar-refractivity contribution in [3.63, 3.8) is 0 Å². The van der Waals surface area contributed by atoms with Gasteiger partial charge in [0, 0.05) is 34.8 Å². The molecule has 3 rings (SSSR count). The highest BCUT2D eigenvalue weighted by Crippen LogP contribution is 2.30. The number of nitriles is 2. The smallest absolute Gasteiger partial charge is 0.126 e. The van der Waals surface area contributed by atoms with E-state index in [-0.39, 0.29) is 0 Å². The van der Waals surface area contributed by atoms with Gasteiger partial charge in [0.1, 0.15) is 5.75 Å². The lowest BCUT2D eigenvalue weighted by molar-refractivity contribution is 0.414. The van der Waals surface area contributed by atoms with Gasteiger partial charge in [-0.1, -0.05) is 6.07 Å². The fourth-order valence-corrected chi connectivity index (χ4v) is 2.76. The summed E-state index contributed by atoms with van der Waals surface area (Å²) >= 11 is 0. The van der Waals surface area contributed by atoms with E-state index in [1.807, 2.05) is 18.2 Å². The molecule has 2 aromatic carbocycles. The van der Waals surface area contributed by atoms with Crippen LogP contribution in [0.4, 0.5) is 0 Å². The van der Waals surface area contributed by atoms with E-state index in [2.05, 4.69) is 17.1 Å². The normalized spacial score (nSPS) is 11.1. The molecule has 0 aliphatic rings. The minimum atomic E-state index is 0.435. The summed E-state index contributed by atoms with van der Waals surface area (Å²) in [6, 6.07) is 15.3. The van der Waals surface area contributed by atoms with Gasteiger partial charge in [-0.2, -0.15) is 10.5 Å². The summed E-state index contributed by atoms with van der Waals surface area (Å²) in [4.78, 5) is 3.17. The molecule has 0 bridgehead atoms. The Labute approximate surface area is 145 Å². The number of hydrogen-bond acceptors (Lipinski definition) is 4. The maximum atomic E-state index is 9.67. The highest BCUT2D eigenvalue weighted by Gasteiger charge is 2.11. The first-order chi connectivity index (χ1) is 12.2. The van der Waals surface area contributed by atoms with Gasteiger partial charge in [-0.3, -0.25) is 0 Å². The molecule has 122 valence electrons. The van der Waals surface area contributed by atoms with Crippen molar-refractivity contribution < 1.29 is 4.74 Å². The Morgan fingerprint density at radius 2 is 2.08 bits per heavy atom.